The molecule has 0 radical (unpaired) electrons. The molecule has 0 atom stereocenters. The van der Waals surface area contributed by atoms with E-state index in [4.69, 9.17) is 4.42 Å². The molecule has 0 fully saturated rings. The van der Waals surface area contributed by atoms with Crippen molar-refractivity contribution in [3.8, 4) is 34.0 Å². The Morgan fingerprint density at radius 2 is 1.00 bits per heavy atom. The molecule has 0 saturated carbocycles. The fraction of sp³-hybridized carbons (Fsp3) is 0. The second-order valence-electron chi connectivity index (χ2n) is 5.19. The molecular formula is C20H14N2O. The largest absolute Gasteiger partial charge is 0.416 e. The fourth-order valence-corrected chi connectivity index (χ4v) is 2.57. The summed E-state index contributed by atoms with van der Waals surface area (Å²) < 4.78 is 5.90. The highest BCUT2D eigenvalue weighted by Crippen LogP contribution is 2.32. The molecule has 0 saturated heterocycles. The Labute approximate surface area is 134 Å². The van der Waals surface area contributed by atoms with E-state index in [-0.39, 0.29) is 0 Å². The van der Waals surface area contributed by atoms with E-state index in [2.05, 4.69) is 28.4 Å². The maximum absolute atomic E-state index is 5.90. The molecular weight excluding hydrogens is 284 g/mol. The van der Waals surface area contributed by atoms with Crippen molar-refractivity contribution >= 4 is 0 Å². The Kier molecular flexibility index (Phi) is 3.45. The molecule has 0 spiro atoms. The molecule has 110 valence electrons. The van der Waals surface area contributed by atoms with Gasteiger partial charge in [0.25, 0.3) is 0 Å². The van der Waals surface area contributed by atoms with Crippen molar-refractivity contribution in [2.24, 2.45) is 0 Å². The number of benzene rings is 3. The fourth-order valence-electron chi connectivity index (χ4n) is 2.57. The van der Waals surface area contributed by atoms with Gasteiger partial charge >= 0.3 is 0 Å². The lowest BCUT2D eigenvalue weighted by molar-refractivity contribution is 0.585. The summed E-state index contributed by atoms with van der Waals surface area (Å²) in [6.45, 7) is 0. The molecule has 23 heavy (non-hydrogen) atoms. The van der Waals surface area contributed by atoms with Crippen LogP contribution in [0.1, 0.15) is 0 Å². The summed E-state index contributed by atoms with van der Waals surface area (Å²) in [4.78, 5) is 0. The third-order valence-corrected chi connectivity index (χ3v) is 3.69. The quantitative estimate of drug-likeness (QED) is 0.530. The zero-order chi connectivity index (χ0) is 15.5. The minimum absolute atomic E-state index is 0.531. The van der Waals surface area contributed by atoms with Gasteiger partial charge in [-0.25, -0.2) is 0 Å². The molecule has 3 heteroatoms. The van der Waals surface area contributed by atoms with Crippen molar-refractivity contribution in [1.82, 2.24) is 10.2 Å². The molecule has 0 unspecified atom stereocenters. The summed E-state index contributed by atoms with van der Waals surface area (Å²) in [5, 5.41) is 8.41. The van der Waals surface area contributed by atoms with E-state index in [9.17, 15) is 0 Å². The summed E-state index contributed by atoms with van der Waals surface area (Å²) in [5.41, 5.74) is 4.07. The van der Waals surface area contributed by atoms with Crippen LogP contribution in [0.5, 0.6) is 0 Å². The van der Waals surface area contributed by atoms with Crippen molar-refractivity contribution < 1.29 is 4.42 Å². The van der Waals surface area contributed by atoms with Crippen LogP contribution in [-0.2, 0) is 0 Å². The monoisotopic (exact) mass is 298 g/mol. The number of nitrogens with zero attached hydrogens (tertiary/aromatic N) is 2. The first kappa shape index (κ1) is 13.5. The minimum Gasteiger partial charge on any atom is -0.416 e. The van der Waals surface area contributed by atoms with Crippen LogP contribution in [0.4, 0.5) is 0 Å². The van der Waals surface area contributed by atoms with Gasteiger partial charge in [-0.1, -0.05) is 66.7 Å². The van der Waals surface area contributed by atoms with Gasteiger partial charge in [-0.05, 0) is 29.3 Å². The van der Waals surface area contributed by atoms with Gasteiger partial charge in [-0.15, -0.1) is 10.2 Å². The minimum atomic E-state index is 0.531. The predicted molar refractivity (Wildman–Crippen MR) is 90.6 cm³/mol. The van der Waals surface area contributed by atoms with E-state index < -0.39 is 0 Å². The summed E-state index contributed by atoms with van der Waals surface area (Å²) >= 11 is 0. The highest BCUT2D eigenvalue weighted by molar-refractivity contribution is 5.80. The number of rotatable bonds is 3. The maximum atomic E-state index is 5.90. The third-order valence-electron chi connectivity index (χ3n) is 3.69. The lowest BCUT2D eigenvalue weighted by Gasteiger charge is -2.06. The van der Waals surface area contributed by atoms with Gasteiger partial charge in [0.2, 0.25) is 11.8 Å². The van der Waals surface area contributed by atoms with Crippen LogP contribution in [0.2, 0.25) is 0 Å². The lowest BCUT2D eigenvalue weighted by Crippen LogP contribution is -1.84. The molecule has 1 heterocycles. The summed E-state index contributed by atoms with van der Waals surface area (Å²) in [7, 11) is 0. The van der Waals surface area contributed by atoms with Crippen LogP contribution in [0.3, 0.4) is 0 Å². The van der Waals surface area contributed by atoms with E-state index in [1.54, 1.807) is 0 Å². The summed E-state index contributed by atoms with van der Waals surface area (Å²) in [6.07, 6.45) is 0. The predicted octanol–water partition coefficient (Wildman–Crippen LogP) is 5.07. The molecule has 0 amide bonds. The van der Waals surface area contributed by atoms with Crippen LogP contribution in [0, 0.1) is 0 Å². The van der Waals surface area contributed by atoms with Crippen LogP contribution in [0.25, 0.3) is 34.0 Å². The first-order chi connectivity index (χ1) is 11.4. The van der Waals surface area contributed by atoms with E-state index in [1.807, 2.05) is 66.7 Å². The van der Waals surface area contributed by atoms with Crippen LogP contribution in [-0.4, -0.2) is 10.2 Å². The number of hydrogen-bond donors (Lipinski definition) is 0. The zero-order valence-electron chi connectivity index (χ0n) is 12.4. The number of hydrogen-bond acceptors (Lipinski definition) is 3. The van der Waals surface area contributed by atoms with Gasteiger partial charge in [0.05, 0.1) is 0 Å². The van der Waals surface area contributed by atoms with E-state index in [0.717, 1.165) is 22.3 Å². The van der Waals surface area contributed by atoms with Gasteiger partial charge in [0.1, 0.15) is 0 Å². The average molecular weight is 298 g/mol. The molecule has 0 N–H and O–H groups in total. The summed E-state index contributed by atoms with van der Waals surface area (Å²) in [5.74, 6) is 1.06. The second-order valence-corrected chi connectivity index (χ2v) is 5.19. The Balaban J connectivity index is 1.79. The van der Waals surface area contributed by atoms with E-state index in [1.165, 1.54) is 0 Å². The van der Waals surface area contributed by atoms with Gasteiger partial charge in [0, 0.05) is 11.1 Å². The lowest BCUT2D eigenvalue weighted by atomic mass is 10.00. The van der Waals surface area contributed by atoms with Crippen LogP contribution in [0.15, 0.2) is 89.3 Å². The Morgan fingerprint density at radius 3 is 1.70 bits per heavy atom. The normalized spacial score (nSPS) is 10.6. The Morgan fingerprint density at radius 1 is 0.478 bits per heavy atom. The SMILES string of the molecule is c1ccc(-c2nnc(-c3ccccc3-c3ccccc3)o2)cc1. The van der Waals surface area contributed by atoms with Crippen molar-refractivity contribution in [2.45, 2.75) is 0 Å². The molecule has 4 rings (SSSR count). The molecule has 1 aromatic heterocycles. The smallest absolute Gasteiger partial charge is 0.248 e. The molecule has 0 aliphatic rings. The average Bonchev–Trinajstić information content (AvgIpc) is 3.13. The molecule has 0 bridgehead atoms. The topological polar surface area (TPSA) is 38.9 Å². The van der Waals surface area contributed by atoms with Crippen molar-refractivity contribution in [2.75, 3.05) is 0 Å². The van der Waals surface area contributed by atoms with E-state index >= 15 is 0 Å². The first-order valence-electron chi connectivity index (χ1n) is 7.45. The molecule has 3 nitrogen and oxygen atoms in total. The standard InChI is InChI=1S/C20H14N2O/c1-3-9-15(10-4-1)17-13-7-8-14-18(17)20-22-21-19(23-20)16-11-5-2-6-12-16/h1-14H. The molecule has 0 aliphatic heterocycles. The molecule has 3 aromatic carbocycles. The third kappa shape index (κ3) is 2.64. The van der Waals surface area contributed by atoms with Crippen LogP contribution >= 0.6 is 0 Å². The van der Waals surface area contributed by atoms with Crippen molar-refractivity contribution in [3.05, 3.63) is 84.9 Å². The Hall–Kier alpha value is -3.20. The van der Waals surface area contributed by atoms with Gasteiger partial charge in [0.15, 0.2) is 0 Å². The molecule has 0 aliphatic carbocycles. The van der Waals surface area contributed by atoms with Crippen LogP contribution < -0.4 is 0 Å². The van der Waals surface area contributed by atoms with Crippen molar-refractivity contribution in [3.63, 3.8) is 0 Å². The highest BCUT2D eigenvalue weighted by Gasteiger charge is 2.14. The van der Waals surface area contributed by atoms with Gasteiger partial charge in [-0.2, -0.15) is 0 Å². The zero-order valence-corrected chi connectivity index (χ0v) is 12.4. The Bertz CT molecular complexity index is 915. The number of aromatic nitrogens is 2. The summed E-state index contributed by atoms with van der Waals surface area (Å²) in [6, 6.07) is 28.1. The second kappa shape index (κ2) is 5.89. The van der Waals surface area contributed by atoms with E-state index in [0.29, 0.717) is 11.8 Å². The maximum Gasteiger partial charge on any atom is 0.248 e. The first-order valence-corrected chi connectivity index (χ1v) is 7.45. The van der Waals surface area contributed by atoms with Crippen molar-refractivity contribution in [1.29, 1.82) is 0 Å². The van der Waals surface area contributed by atoms with Gasteiger partial charge in [-0.3, -0.25) is 0 Å². The highest BCUT2D eigenvalue weighted by atomic mass is 16.4. The molecule has 4 aromatic rings. The van der Waals surface area contributed by atoms with Gasteiger partial charge < -0.3 is 4.42 Å².